The van der Waals surface area contributed by atoms with Crippen molar-refractivity contribution in [3.63, 3.8) is 0 Å². The molecule has 0 aromatic carbocycles. The van der Waals surface area contributed by atoms with E-state index in [1.54, 1.807) is 0 Å². The van der Waals surface area contributed by atoms with Gasteiger partial charge in [-0.2, -0.15) is 4.98 Å². The molecule has 1 aromatic rings. The van der Waals surface area contributed by atoms with Crippen molar-refractivity contribution in [2.24, 2.45) is 5.73 Å². The van der Waals surface area contributed by atoms with Crippen LogP contribution in [0.3, 0.4) is 0 Å². The quantitative estimate of drug-likeness (QED) is 0.271. The van der Waals surface area contributed by atoms with Crippen LogP contribution in [0, 0.1) is 0 Å². The Labute approximate surface area is 136 Å². The highest BCUT2D eigenvalue weighted by atomic mass is 31.2. The standard InChI is InChI=1S/C11H20N5O7P/c12-2-3-14-24(20,21)22-5-6-8(17)9(18)10(23-6)16-4-1-7(13)15-11(16)19/h1,4,6,8-10,17-18H,2-3,5,12H2,(H2,13,15,19)(H2,14,20,21)/t6-,8-,9-,10-/m1/s1. The van der Waals surface area contributed by atoms with Crippen LogP contribution in [0.1, 0.15) is 6.23 Å². The third-order valence-corrected chi connectivity index (χ3v) is 4.45. The molecular weight excluding hydrogens is 345 g/mol. The van der Waals surface area contributed by atoms with E-state index >= 15 is 0 Å². The van der Waals surface area contributed by atoms with Crippen LogP contribution < -0.4 is 22.2 Å². The molecule has 0 bridgehead atoms. The van der Waals surface area contributed by atoms with Gasteiger partial charge < -0.3 is 31.3 Å². The monoisotopic (exact) mass is 365 g/mol. The summed E-state index contributed by atoms with van der Waals surface area (Å²) < 4.78 is 22.8. The fourth-order valence-corrected chi connectivity index (χ4v) is 2.99. The van der Waals surface area contributed by atoms with Crippen LogP contribution in [-0.4, -0.2) is 62.7 Å². The Morgan fingerprint density at radius 1 is 1.46 bits per heavy atom. The molecule has 0 aliphatic carbocycles. The van der Waals surface area contributed by atoms with Crippen molar-refractivity contribution in [3.05, 3.63) is 22.7 Å². The summed E-state index contributed by atoms with van der Waals surface area (Å²) in [6.45, 7) is -0.304. The van der Waals surface area contributed by atoms with Gasteiger partial charge in [-0.1, -0.05) is 0 Å². The predicted molar refractivity (Wildman–Crippen MR) is 81.7 cm³/mol. The minimum Gasteiger partial charge on any atom is -0.387 e. The van der Waals surface area contributed by atoms with Crippen LogP contribution in [0.5, 0.6) is 0 Å². The van der Waals surface area contributed by atoms with E-state index in [-0.39, 0.29) is 18.9 Å². The summed E-state index contributed by atoms with van der Waals surface area (Å²) >= 11 is 0. The maximum atomic E-state index is 11.8. The van der Waals surface area contributed by atoms with Crippen molar-refractivity contribution in [2.45, 2.75) is 24.5 Å². The van der Waals surface area contributed by atoms with Crippen LogP contribution in [0.2, 0.25) is 0 Å². The predicted octanol–water partition coefficient (Wildman–Crippen LogP) is -2.89. The van der Waals surface area contributed by atoms with Gasteiger partial charge in [-0.3, -0.25) is 9.09 Å². The van der Waals surface area contributed by atoms with Crippen molar-refractivity contribution < 1.29 is 28.9 Å². The Balaban J connectivity index is 2.04. The van der Waals surface area contributed by atoms with Crippen LogP contribution in [0.4, 0.5) is 5.82 Å². The zero-order chi connectivity index (χ0) is 17.9. The SMILES string of the molecule is NCCNP(=O)(O)OC[C@H]1O[C@@H](n2ccc(N)nc2=O)[C@H](O)[C@@H]1O. The number of nitrogens with zero attached hydrogens (tertiary/aromatic N) is 2. The molecule has 136 valence electrons. The summed E-state index contributed by atoms with van der Waals surface area (Å²) in [5, 5.41) is 22.2. The van der Waals surface area contributed by atoms with Gasteiger partial charge in [0.15, 0.2) is 6.23 Å². The molecule has 12 nitrogen and oxygen atoms in total. The Morgan fingerprint density at radius 3 is 2.79 bits per heavy atom. The molecule has 1 fully saturated rings. The second-order valence-corrected chi connectivity index (χ2v) is 6.72. The first-order chi connectivity index (χ1) is 11.2. The van der Waals surface area contributed by atoms with Gasteiger partial charge in [0.2, 0.25) is 0 Å². The van der Waals surface area contributed by atoms with Crippen molar-refractivity contribution >= 4 is 13.6 Å². The van der Waals surface area contributed by atoms with Gasteiger partial charge in [0.1, 0.15) is 24.1 Å². The number of nitrogen functional groups attached to an aromatic ring is 1. The number of hydrogen-bond acceptors (Lipinski definition) is 9. The average Bonchev–Trinajstić information content (AvgIpc) is 2.79. The van der Waals surface area contributed by atoms with Crippen molar-refractivity contribution in [3.8, 4) is 0 Å². The molecule has 0 radical (unpaired) electrons. The molecular formula is C11H20N5O7P. The molecule has 5 atom stereocenters. The van der Waals surface area contributed by atoms with E-state index in [2.05, 4.69) is 10.1 Å². The van der Waals surface area contributed by atoms with Crippen LogP contribution in [-0.2, 0) is 13.8 Å². The molecule has 1 aromatic heterocycles. The number of aliphatic hydroxyl groups is 2. The summed E-state index contributed by atoms with van der Waals surface area (Å²) in [5.41, 5.74) is 9.81. The molecule has 2 rings (SSSR count). The molecule has 1 saturated heterocycles. The van der Waals surface area contributed by atoms with Crippen molar-refractivity contribution in [2.75, 3.05) is 25.4 Å². The minimum absolute atomic E-state index is 0.00337. The summed E-state index contributed by atoms with van der Waals surface area (Å²) in [7, 11) is -4.12. The topological polar surface area (TPSA) is 195 Å². The largest absolute Gasteiger partial charge is 0.403 e. The molecule has 0 saturated carbocycles. The minimum atomic E-state index is -4.12. The van der Waals surface area contributed by atoms with Gasteiger partial charge in [-0.05, 0) is 6.07 Å². The number of aliphatic hydroxyl groups excluding tert-OH is 2. The number of ether oxygens (including phenoxy) is 1. The second kappa shape index (κ2) is 7.68. The smallest absolute Gasteiger partial charge is 0.387 e. The van der Waals surface area contributed by atoms with Gasteiger partial charge in [0.25, 0.3) is 0 Å². The zero-order valence-corrected chi connectivity index (χ0v) is 13.5. The number of nitrogens with one attached hydrogen (secondary N) is 1. The fraction of sp³-hybridized carbons (Fsp3) is 0.636. The molecule has 0 spiro atoms. The van der Waals surface area contributed by atoms with E-state index in [0.717, 1.165) is 4.57 Å². The maximum absolute atomic E-state index is 11.8. The van der Waals surface area contributed by atoms with Crippen LogP contribution in [0.25, 0.3) is 0 Å². The lowest BCUT2D eigenvalue weighted by Crippen LogP contribution is -2.36. The van der Waals surface area contributed by atoms with E-state index in [4.69, 9.17) is 20.7 Å². The van der Waals surface area contributed by atoms with E-state index in [0.29, 0.717) is 0 Å². The molecule has 1 aliphatic rings. The van der Waals surface area contributed by atoms with Gasteiger partial charge in [-0.15, -0.1) is 0 Å². The second-order valence-electron chi connectivity index (χ2n) is 5.10. The van der Waals surface area contributed by atoms with Gasteiger partial charge in [0, 0.05) is 19.3 Å². The van der Waals surface area contributed by atoms with Crippen molar-refractivity contribution in [1.82, 2.24) is 14.6 Å². The lowest BCUT2D eigenvalue weighted by Gasteiger charge is -2.18. The number of hydrogen-bond donors (Lipinski definition) is 6. The number of aromatic nitrogens is 2. The first kappa shape index (κ1) is 19.0. The number of anilines is 1. The summed E-state index contributed by atoms with van der Waals surface area (Å²) in [6, 6.07) is 1.33. The molecule has 8 N–H and O–H groups in total. The van der Waals surface area contributed by atoms with Gasteiger partial charge in [-0.25, -0.2) is 14.4 Å². The van der Waals surface area contributed by atoms with E-state index in [9.17, 15) is 24.5 Å². The first-order valence-electron chi connectivity index (χ1n) is 7.04. The summed E-state index contributed by atoms with van der Waals surface area (Å²) in [5.74, 6) is -0.00337. The molecule has 24 heavy (non-hydrogen) atoms. The van der Waals surface area contributed by atoms with E-state index in [1.165, 1.54) is 12.3 Å². The number of nitrogens with two attached hydrogens (primary N) is 2. The average molecular weight is 365 g/mol. The maximum Gasteiger partial charge on any atom is 0.403 e. The Hall–Kier alpha value is -1.37. The lowest BCUT2D eigenvalue weighted by molar-refractivity contribution is -0.0527. The normalized spacial score (nSPS) is 29.5. The highest BCUT2D eigenvalue weighted by Crippen LogP contribution is 2.38. The molecule has 13 heteroatoms. The third-order valence-electron chi connectivity index (χ3n) is 3.33. The van der Waals surface area contributed by atoms with E-state index in [1.807, 2.05) is 0 Å². The summed E-state index contributed by atoms with van der Waals surface area (Å²) in [4.78, 5) is 24.8. The lowest BCUT2D eigenvalue weighted by atomic mass is 10.1. The zero-order valence-electron chi connectivity index (χ0n) is 12.6. The number of rotatable bonds is 7. The van der Waals surface area contributed by atoms with E-state index < -0.39 is 44.6 Å². The third kappa shape index (κ3) is 4.37. The Morgan fingerprint density at radius 2 is 2.17 bits per heavy atom. The van der Waals surface area contributed by atoms with Crippen LogP contribution in [0.15, 0.2) is 17.1 Å². The Bertz CT molecular complexity index is 670. The first-order valence-corrected chi connectivity index (χ1v) is 8.61. The molecule has 2 heterocycles. The highest BCUT2D eigenvalue weighted by Gasteiger charge is 2.45. The molecule has 1 unspecified atom stereocenters. The molecule has 1 aliphatic heterocycles. The fourth-order valence-electron chi connectivity index (χ4n) is 2.14. The summed E-state index contributed by atoms with van der Waals surface area (Å²) in [6.07, 6.45) is -4.00. The van der Waals surface area contributed by atoms with Gasteiger partial charge in [0.05, 0.1) is 6.61 Å². The highest BCUT2D eigenvalue weighted by molar-refractivity contribution is 7.50. The molecule has 0 amide bonds. The Kier molecular flexibility index (Phi) is 6.06. The van der Waals surface area contributed by atoms with Crippen LogP contribution >= 0.6 is 7.75 Å². The van der Waals surface area contributed by atoms with Crippen molar-refractivity contribution in [1.29, 1.82) is 0 Å². The van der Waals surface area contributed by atoms with Gasteiger partial charge >= 0.3 is 13.4 Å².